The lowest BCUT2D eigenvalue weighted by Crippen LogP contribution is -2.30. The molecule has 0 amide bonds. The summed E-state index contributed by atoms with van der Waals surface area (Å²) in [5.41, 5.74) is 0. The van der Waals surface area contributed by atoms with Crippen LogP contribution in [0.5, 0.6) is 0 Å². The topological polar surface area (TPSA) is 237 Å². The van der Waals surface area contributed by atoms with Crippen molar-refractivity contribution in [1.82, 2.24) is 0 Å². The summed E-state index contributed by atoms with van der Waals surface area (Å²) in [7, 11) is -9.92. The second kappa shape index (κ2) is 69.1. The zero-order chi connectivity index (χ0) is 73.1. The molecular weight excluding hydrogens is 1290 g/mol. The number of hydrogen-bond acceptors (Lipinski definition) is 15. The average Bonchev–Trinajstić information content (AvgIpc) is 1.46. The van der Waals surface area contributed by atoms with E-state index in [9.17, 15) is 43.2 Å². The highest BCUT2D eigenvalue weighted by atomic mass is 31.2. The third-order valence-corrected chi connectivity index (χ3v) is 20.8. The molecule has 19 heteroatoms. The van der Waals surface area contributed by atoms with Gasteiger partial charge in [0.1, 0.15) is 19.3 Å². The number of unbranched alkanes of at least 4 members (excludes halogenated alkanes) is 42. The van der Waals surface area contributed by atoms with E-state index in [1.165, 1.54) is 205 Å². The summed E-state index contributed by atoms with van der Waals surface area (Å²) < 4.78 is 68.7. The van der Waals surface area contributed by atoms with Crippen LogP contribution >= 0.6 is 15.6 Å². The molecule has 0 aromatic heterocycles. The van der Waals surface area contributed by atoms with Crippen molar-refractivity contribution in [3.8, 4) is 0 Å². The predicted octanol–water partition coefficient (Wildman–Crippen LogP) is 23.6. The number of carbonyl (C=O) groups is 4. The lowest BCUT2D eigenvalue weighted by Gasteiger charge is -2.21. The van der Waals surface area contributed by atoms with Gasteiger partial charge in [-0.3, -0.25) is 37.3 Å². The van der Waals surface area contributed by atoms with Crippen molar-refractivity contribution in [3.63, 3.8) is 0 Å². The number of phosphoric acid groups is 2. The van der Waals surface area contributed by atoms with E-state index in [-0.39, 0.29) is 25.7 Å². The molecule has 0 rings (SSSR count). The van der Waals surface area contributed by atoms with Crippen LogP contribution < -0.4 is 0 Å². The molecule has 17 nitrogen and oxygen atoms in total. The standard InChI is InChI=1S/C80H156O17P2/c1-9-73(8)59-51-43-38-39-45-53-61-78(83)91-67-76(97-80(85)62-54-46-36-30-24-17-13-15-21-27-33-41-49-57-71(4)5)69-95-99(88,89)93-65-74(81)64-92-98(86,87)94-68-75(96-79(84)63-55-47-37-31-25-19-18-22-28-34-42-50-58-72(6)7)66-90-77(82)60-52-44-35-29-23-16-12-10-11-14-20-26-32-40-48-56-70(2)3/h70-76,81H,9-69H2,1-8H3,(H,86,87)(H,88,89)/t73?,74-,75-,76-/m1/s1. The van der Waals surface area contributed by atoms with E-state index in [4.69, 9.17) is 37.0 Å². The van der Waals surface area contributed by atoms with E-state index in [0.717, 1.165) is 120 Å². The van der Waals surface area contributed by atoms with Gasteiger partial charge in [0.25, 0.3) is 0 Å². The first-order valence-electron chi connectivity index (χ1n) is 41.2. The first-order valence-corrected chi connectivity index (χ1v) is 44.2. The fourth-order valence-corrected chi connectivity index (χ4v) is 13.8. The minimum absolute atomic E-state index is 0.106. The molecule has 0 bridgehead atoms. The van der Waals surface area contributed by atoms with Crippen LogP contribution in [-0.4, -0.2) is 96.7 Å². The van der Waals surface area contributed by atoms with Crippen LogP contribution in [0.3, 0.4) is 0 Å². The Bertz CT molecular complexity index is 1940. The van der Waals surface area contributed by atoms with E-state index in [1.807, 2.05) is 0 Å². The minimum Gasteiger partial charge on any atom is -0.462 e. The van der Waals surface area contributed by atoms with Crippen LogP contribution in [0.2, 0.25) is 0 Å². The predicted molar refractivity (Wildman–Crippen MR) is 404 cm³/mol. The highest BCUT2D eigenvalue weighted by molar-refractivity contribution is 7.47. The van der Waals surface area contributed by atoms with E-state index in [2.05, 4.69) is 55.4 Å². The highest BCUT2D eigenvalue weighted by Crippen LogP contribution is 2.45. The molecule has 0 saturated heterocycles. The summed E-state index contributed by atoms with van der Waals surface area (Å²) in [5, 5.41) is 10.6. The number of carbonyl (C=O) groups excluding carboxylic acids is 4. The summed E-state index contributed by atoms with van der Waals surface area (Å²) in [5.74, 6) is 0.985. The Morgan fingerprint density at radius 2 is 0.485 bits per heavy atom. The summed E-state index contributed by atoms with van der Waals surface area (Å²) in [6, 6.07) is 0. The summed E-state index contributed by atoms with van der Waals surface area (Å²) in [6.07, 6.45) is 55.5. The normalized spacial score (nSPS) is 14.3. The van der Waals surface area contributed by atoms with Gasteiger partial charge in [-0.1, -0.05) is 357 Å². The van der Waals surface area contributed by atoms with Crippen molar-refractivity contribution < 1.29 is 80.2 Å². The number of esters is 4. The molecule has 0 spiro atoms. The zero-order valence-electron chi connectivity index (χ0n) is 65.1. The molecule has 0 aromatic carbocycles. The fraction of sp³-hybridized carbons (Fsp3) is 0.950. The van der Waals surface area contributed by atoms with Crippen molar-refractivity contribution in [2.75, 3.05) is 39.6 Å². The highest BCUT2D eigenvalue weighted by Gasteiger charge is 2.30. The Kier molecular flexibility index (Phi) is 67.8. The van der Waals surface area contributed by atoms with Crippen LogP contribution in [0.4, 0.5) is 0 Å². The van der Waals surface area contributed by atoms with Crippen molar-refractivity contribution >= 4 is 39.5 Å². The lowest BCUT2D eigenvalue weighted by atomic mass is 10.00. The molecule has 0 radical (unpaired) electrons. The van der Waals surface area contributed by atoms with Gasteiger partial charge in [-0.25, -0.2) is 9.13 Å². The molecule has 588 valence electrons. The molecule has 99 heavy (non-hydrogen) atoms. The van der Waals surface area contributed by atoms with Gasteiger partial charge in [-0.15, -0.1) is 0 Å². The molecule has 0 aliphatic carbocycles. The molecule has 0 heterocycles. The van der Waals surface area contributed by atoms with Crippen LogP contribution in [0.15, 0.2) is 0 Å². The maximum absolute atomic E-state index is 13.1. The molecule has 0 aromatic rings. The van der Waals surface area contributed by atoms with Gasteiger partial charge in [-0.05, 0) is 49.4 Å². The van der Waals surface area contributed by atoms with Crippen LogP contribution in [-0.2, 0) is 65.4 Å². The Labute approximate surface area is 607 Å². The second-order valence-corrected chi connectivity index (χ2v) is 33.4. The molecule has 0 aliphatic rings. The van der Waals surface area contributed by atoms with Crippen LogP contribution in [0.25, 0.3) is 0 Å². The SMILES string of the molecule is CCC(C)CCCCCCCCC(=O)OC[C@H](COP(=O)(O)OC[C@H](O)COP(=O)(O)OC[C@@H](COC(=O)CCCCCCCCCCCCCCCCCC(C)C)OC(=O)CCCCCCCCCCCCCCC(C)C)OC(=O)CCCCCCCCCCCCCCCC(C)C. The summed E-state index contributed by atoms with van der Waals surface area (Å²) >= 11 is 0. The Hall–Kier alpha value is -1.94. The Morgan fingerprint density at radius 3 is 0.717 bits per heavy atom. The molecule has 0 saturated carbocycles. The smallest absolute Gasteiger partial charge is 0.462 e. The van der Waals surface area contributed by atoms with E-state index < -0.39 is 97.5 Å². The van der Waals surface area contributed by atoms with Gasteiger partial charge in [0.15, 0.2) is 12.2 Å². The molecule has 3 N–H and O–H groups in total. The first-order chi connectivity index (χ1) is 47.6. The number of aliphatic hydroxyl groups is 1. The van der Waals surface area contributed by atoms with Crippen molar-refractivity contribution in [1.29, 1.82) is 0 Å². The summed E-state index contributed by atoms with van der Waals surface area (Å²) in [6.45, 7) is 14.3. The minimum atomic E-state index is -4.96. The summed E-state index contributed by atoms with van der Waals surface area (Å²) in [4.78, 5) is 73.0. The van der Waals surface area contributed by atoms with Gasteiger partial charge in [0, 0.05) is 25.7 Å². The number of rotatable bonds is 77. The number of phosphoric ester groups is 2. The monoisotopic (exact) mass is 1450 g/mol. The molecular formula is C80H156O17P2. The third kappa shape index (κ3) is 72.8. The lowest BCUT2D eigenvalue weighted by molar-refractivity contribution is -0.161. The van der Waals surface area contributed by atoms with Gasteiger partial charge in [0.2, 0.25) is 0 Å². The largest absolute Gasteiger partial charge is 0.472 e. The van der Waals surface area contributed by atoms with Gasteiger partial charge >= 0.3 is 39.5 Å². The van der Waals surface area contributed by atoms with E-state index in [1.54, 1.807) is 0 Å². The Balaban J connectivity index is 5.24. The molecule has 0 aliphatic heterocycles. The van der Waals surface area contributed by atoms with Gasteiger partial charge < -0.3 is 33.8 Å². The maximum atomic E-state index is 13.1. The van der Waals surface area contributed by atoms with E-state index in [0.29, 0.717) is 25.7 Å². The quantitative estimate of drug-likeness (QED) is 0.0222. The van der Waals surface area contributed by atoms with E-state index >= 15 is 0 Å². The number of hydrogen-bond donors (Lipinski definition) is 3. The van der Waals surface area contributed by atoms with Gasteiger partial charge in [-0.2, -0.15) is 0 Å². The zero-order valence-corrected chi connectivity index (χ0v) is 66.9. The second-order valence-electron chi connectivity index (χ2n) is 30.5. The Morgan fingerprint density at radius 1 is 0.283 bits per heavy atom. The number of aliphatic hydroxyl groups excluding tert-OH is 1. The third-order valence-electron chi connectivity index (χ3n) is 18.9. The van der Waals surface area contributed by atoms with Crippen LogP contribution in [0.1, 0.15) is 409 Å². The van der Waals surface area contributed by atoms with Crippen LogP contribution in [0, 0.1) is 23.7 Å². The maximum Gasteiger partial charge on any atom is 0.472 e. The van der Waals surface area contributed by atoms with Crippen molar-refractivity contribution in [2.45, 2.75) is 427 Å². The van der Waals surface area contributed by atoms with Gasteiger partial charge in [0.05, 0.1) is 26.4 Å². The van der Waals surface area contributed by atoms with Crippen molar-refractivity contribution in [3.05, 3.63) is 0 Å². The molecule has 6 atom stereocenters. The fourth-order valence-electron chi connectivity index (χ4n) is 12.2. The number of ether oxygens (including phenoxy) is 4. The average molecular weight is 1450 g/mol. The molecule has 0 fully saturated rings. The first kappa shape index (κ1) is 97.1. The molecule has 3 unspecified atom stereocenters. The van der Waals surface area contributed by atoms with Crippen molar-refractivity contribution in [2.24, 2.45) is 23.7 Å².